The van der Waals surface area contributed by atoms with E-state index in [-0.39, 0.29) is 10.8 Å². The molecule has 0 aromatic heterocycles. The minimum atomic E-state index is -0.130. The van der Waals surface area contributed by atoms with Gasteiger partial charge >= 0.3 is 0 Å². The van der Waals surface area contributed by atoms with E-state index in [2.05, 4.69) is 46.3 Å². The topological polar surface area (TPSA) is 46.5 Å². The largest absolute Gasteiger partial charge is 0.507 e. The second-order valence-corrected chi connectivity index (χ2v) is 7.62. The van der Waals surface area contributed by atoms with Crippen molar-refractivity contribution in [3.05, 3.63) is 34.9 Å². The molecule has 0 amide bonds. The molecule has 3 nitrogen and oxygen atoms in total. The van der Waals surface area contributed by atoms with Gasteiger partial charge in [-0.25, -0.2) is 0 Å². The van der Waals surface area contributed by atoms with Gasteiger partial charge in [-0.15, -0.1) is 0 Å². The monoisotopic (exact) mass is 304 g/mol. The van der Waals surface area contributed by atoms with Crippen LogP contribution >= 0.6 is 0 Å². The van der Waals surface area contributed by atoms with E-state index in [1.54, 1.807) is 0 Å². The Labute approximate surface area is 134 Å². The lowest BCUT2D eigenvalue weighted by molar-refractivity contribution is -0.128. The zero-order valence-electron chi connectivity index (χ0n) is 14.6. The molecule has 0 heterocycles. The van der Waals surface area contributed by atoms with Crippen molar-refractivity contribution in [1.82, 2.24) is 0 Å². The van der Waals surface area contributed by atoms with Crippen LogP contribution in [0.15, 0.2) is 18.2 Å². The van der Waals surface area contributed by atoms with Gasteiger partial charge in [0, 0.05) is 11.1 Å². The fourth-order valence-electron chi connectivity index (χ4n) is 2.30. The maximum Gasteiger partial charge on any atom is 0.293 e. The Morgan fingerprint density at radius 1 is 1.05 bits per heavy atom. The number of carbonyl (C=O) groups excluding carboxylic acids is 1. The highest BCUT2D eigenvalue weighted by Gasteiger charge is 2.26. The number of phenols is 1. The summed E-state index contributed by atoms with van der Waals surface area (Å²) in [5.41, 5.74) is 2.69. The first kappa shape index (κ1) is 18.3. The first-order valence-electron chi connectivity index (χ1n) is 7.67. The Morgan fingerprint density at radius 3 is 1.95 bits per heavy atom. The van der Waals surface area contributed by atoms with Crippen molar-refractivity contribution < 1.29 is 14.6 Å². The SMILES string of the molecule is CC(C)(C)c1cc(/C=C\CCOC=O)cc(C(C)(C)C)c1O. The molecule has 1 aromatic carbocycles. The van der Waals surface area contributed by atoms with Crippen LogP contribution in [0.3, 0.4) is 0 Å². The number of aromatic hydroxyl groups is 1. The van der Waals surface area contributed by atoms with Gasteiger partial charge in [-0.2, -0.15) is 0 Å². The highest BCUT2D eigenvalue weighted by atomic mass is 16.5. The van der Waals surface area contributed by atoms with Crippen molar-refractivity contribution in [2.75, 3.05) is 6.61 Å². The first-order valence-corrected chi connectivity index (χ1v) is 7.67. The van der Waals surface area contributed by atoms with Gasteiger partial charge in [0.1, 0.15) is 5.75 Å². The molecular formula is C19H28O3. The van der Waals surface area contributed by atoms with Crippen LogP contribution in [-0.2, 0) is 20.4 Å². The Hall–Kier alpha value is -1.77. The summed E-state index contributed by atoms with van der Waals surface area (Å²) in [4.78, 5) is 10.1. The summed E-state index contributed by atoms with van der Waals surface area (Å²) >= 11 is 0. The van der Waals surface area contributed by atoms with Crippen LogP contribution in [0.2, 0.25) is 0 Å². The zero-order valence-corrected chi connectivity index (χ0v) is 14.6. The van der Waals surface area contributed by atoms with Gasteiger partial charge < -0.3 is 9.84 Å². The van der Waals surface area contributed by atoms with Crippen LogP contribution in [0.5, 0.6) is 5.75 Å². The van der Waals surface area contributed by atoms with Crippen LogP contribution in [0.25, 0.3) is 6.08 Å². The number of hydrogen-bond donors (Lipinski definition) is 1. The van der Waals surface area contributed by atoms with Crippen LogP contribution in [0.4, 0.5) is 0 Å². The molecule has 1 N–H and O–H groups in total. The third kappa shape index (κ3) is 4.90. The number of phenolic OH excluding ortho intramolecular Hbond substituents is 1. The molecule has 1 aromatic rings. The molecule has 0 aliphatic carbocycles. The number of hydrogen-bond acceptors (Lipinski definition) is 3. The lowest BCUT2D eigenvalue weighted by atomic mass is 9.78. The van der Waals surface area contributed by atoms with Crippen LogP contribution in [0.1, 0.15) is 64.7 Å². The number of carbonyl (C=O) groups is 1. The highest BCUT2D eigenvalue weighted by Crippen LogP contribution is 2.39. The molecule has 0 saturated heterocycles. The molecule has 0 aliphatic rings. The molecule has 0 saturated carbocycles. The second-order valence-electron chi connectivity index (χ2n) is 7.62. The summed E-state index contributed by atoms with van der Waals surface area (Å²) in [5.74, 6) is 0.390. The molecular weight excluding hydrogens is 276 g/mol. The summed E-state index contributed by atoms with van der Waals surface area (Å²) in [5, 5.41) is 10.6. The molecule has 0 spiro atoms. The maximum atomic E-state index is 10.6. The van der Waals surface area contributed by atoms with E-state index in [1.807, 2.05) is 24.3 Å². The van der Waals surface area contributed by atoms with Gasteiger partial charge in [0.25, 0.3) is 6.47 Å². The Kier molecular flexibility index (Phi) is 5.81. The van der Waals surface area contributed by atoms with Crippen molar-refractivity contribution in [2.45, 2.75) is 58.8 Å². The lowest BCUT2D eigenvalue weighted by Crippen LogP contribution is -2.17. The molecule has 0 bridgehead atoms. The fourth-order valence-corrected chi connectivity index (χ4v) is 2.30. The molecule has 0 fully saturated rings. The van der Waals surface area contributed by atoms with Crippen LogP contribution < -0.4 is 0 Å². The number of ether oxygens (including phenoxy) is 1. The van der Waals surface area contributed by atoms with Crippen molar-refractivity contribution in [1.29, 1.82) is 0 Å². The minimum absolute atomic E-state index is 0.130. The highest BCUT2D eigenvalue weighted by molar-refractivity contribution is 5.59. The average Bonchev–Trinajstić information content (AvgIpc) is 2.37. The van der Waals surface area contributed by atoms with E-state index in [1.165, 1.54) is 0 Å². The lowest BCUT2D eigenvalue weighted by Gasteiger charge is -2.27. The predicted octanol–water partition coefficient (Wildman–Crippen LogP) is 4.56. The van der Waals surface area contributed by atoms with Gasteiger partial charge in [0.05, 0.1) is 6.61 Å². The minimum Gasteiger partial charge on any atom is -0.507 e. The van der Waals surface area contributed by atoms with E-state index in [0.29, 0.717) is 25.2 Å². The summed E-state index contributed by atoms with van der Waals surface area (Å²) in [6.45, 7) is 13.4. The van der Waals surface area contributed by atoms with Gasteiger partial charge in [-0.05, 0) is 34.9 Å². The van der Waals surface area contributed by atoms with Gasteiger partial charge in [0.15, 0.2) is 0 Å². The molecule has 1 rings (SSSR count). The fraction of sp³-hybridized carbons (Fsp3) is 0.526. The quantitative estimate of drug-likeness (QED) is 0.640. The van der Waals surface area contributed by atoms with Crippen molar-refractivity contribution >= 4 is 12.5 Å². The molecule has 0 unspecified atom stereocenters. The van der Waals surface area contributed by atoms with Crippen LogP contribution in [-0.4, -0.2) is 18.2 Å². The van der Waals surface area contributed by atoms with E-state index in [4.69, 9.17) is 0 Å². The number of benzene rings is 1. The van der Waals surface area contributed by atoms with Crippen LogP contribution in [0, 0.1) is 0 Å². The molecule has 0 radical (unpaired) electrons. The molecule has 22 heavy (non-hydrogen) atoms. The Bertz CT molecular complexity index is 508. The molecule has 0 atom stereocenters. The smallest absolute Gasteiger partial charge is 0.293 e. The first-order chi connectivity index (χ1) is 10.1. The number of rotatable bonds is 5. The summed E-state index contributed by atoms with van der Waals surface area (Å²) in [7, 11) is 0. The van der Waals surface area contributed by atoms with Crippen molar-refractivity contribution in [3.8, 4) is 5.75 Å². The third-order valence-corrected chi connectivity index (χ3v) is 3.53. The van der Waals surface area contributed by atoms with E-state index in [0.717, 1.165) is 16.7 Å². The van der Waals surface area contributed by atoms with Gasteiger partial charge in [-0.1, -0.05) is 53.7 Å². The predicted molar refractivity (Wildman–Crippen MR) is 91.2 cm³/mol. The van der Waals surface area contributed by atoms with Crippen molar-refractivity contribution in [2.24, 2.45) is 0 Å². The summed E-state index contributed by atoms with van der Waals surface area (Å²) < 4.78 is 4.67. The summed E-state index contributed by atoms with van der Waals surface area (Å²) in [6, 6.07) is 4.06. The molecule has 3 heteroatoms. The Balaban J connectivity index is 3.21. The average molecular weight is 304 g/mol. The summed E-state index contributed by atoms with van der Waals surface area (Å²) in [6.07, 6.45) is 4.67. The molecule has 0 aliphatic heterocycles. The van der Waals surface area contributed by atoms with Gasteiger partial charge in [-0.3, -0.25) is 4.79 Å². The van der Waals surface area contributed by atoms with E-state index < -0.39 is 0 Å². The van der Waals surface area contributed by atoms with E-state index >= 15 is 0 Å². The normalized spacial score (nSPS) is 12.6. The Morgan fingerprint density at radius 2 is 1.55 bits per heavy atom. The van der Waals surface area contributed by atoms with Crippen molar-refractivity contribution in [3.63, 3.8) is 0 Å². The van der Waals surface area contributed by atoms with E-state index in [9.17, 15) is 9.90 Å². The third-order valence-electron chi connectivity index (χ3n) is 3.53. The second kappa shape index (κ2) is 6.99. The maximum absolute atomic E-state index is 10.6. The molecule has 122 valence electrons. The zero-order chi connectivity index (χ0) is 17.0. The van der Waals surface area contributed by atoms with Gasteiger partial charge in [0.2, 0.25) is 0 Å². The standard InChI is InChI=1S/C19H28O3/c1-18(2,3)15-11-14(9-7-8-10-22-13-20)12-16(17(15)21)19(4,5)6/h7,9,11-13,21H,8,10H2,1-6H3/b9-7-.